The number of nitrogens with zero attached hydrogens (tertiary/aromatic N) is 1. The summed E-state index contributed by atoms with van der Waals surface area (Å²) in [5, 5.41) is 2.42. The number of carbonyl (C=O) groups excluding carboxylic acids is 1. The molecule has 116 valence electrons. The molecule has 0 aliphatic rings. The first-order valence-electron chi connectivity index (χ1n) is 5.02. The van der Waals surface area contributed by atoms with E-state index in [1.54, 1.807) is 0 Å². The first kappa shape index (κ1) is 21.1. The van der Waals surface area contributed by atoms with Crippen LogP contribution in [0.25, 0.3) is 0 Å². The maximum Gasteiger partial charge on any atom is 0.422 e. The number of alkyl halides is 3. The van der Waals surface area contributed by atoms with Crippen LogP contribution in [-0.4, -0.2) is 30.2 Å². The van der Waals surface area contributed by atoms with Crippen LogP contribution in [0.1, 0.15) is 5.56 Å². The topological polar surface area (TPSA) is 77.2 Å². The number of hydrogen-bond acceptors (Lipinski definition) is 4. The molecule has 1 heterocycles. The quantitative estimate of drug-likeness (QED) is 0.853. The van der Waals surface area contributed by atoms with Crippen molar-refractivity contribution in [1.82, 2.24) is 10.3 Å². The molecule has 0 saturated carbocycles. The Balaban J connectivity index is 0. The van der Waals surface area contributed by atoms with Gasteiger partial charge in [0.2, 0.25) is 11.8 Å². The summed E-state index contributed by atoms with van der Waals surface area (Å²) >= 11 is 0. The molecule has 0 fully saturated rings. The second-order valence-electron chi connectivity index (χ2n) is 3.35. The minimum Gasteiger partial charge on any atom is -0.468 e. The summed E-state index contributed by atoms with van der Waals surface area (Å²) in [5.41, 5.74) is 5.43. The molecule has 20 heavy (non-hydrogen) atoms. The summed E-state index contributed by atoms with van der Waals surface area (Å²) in [5.74, 6) is -0.576. The van der Waals surface area contributed by atoms with E-state index in [4.69, 9.17) is 5.73 Å². The van der Waals surface area contributed by atoms with Crippen LogP contribution < -0.4 is 15.8 Å². The van der Waals surface area contributed by atoms with Crippen LogP contribution in [0, 0.1) is 0 Å². The molecule has 0 unspecified atom stereocenters. The maximum atomic E-state index is 12.0. The highest BCUT2D eigenvalue weighted by Gasteiger charge is 2.29. The van der Waals surface area contributed by atoms with Crippen LogP contribution in [-0.2, 0) is 11.3 Å². The van der Waals surface area contributed by atoms with Crippen molar-refractivity contribution in [3.63, 3.8) is 0 Å². The van der Waals surface area contributed by atoms with Crippen LogP contribution >= 0.6 is 24.8 Å². The van der Waals surface area contributed by atoms with E-state index in [2.05, 4.69) is 15.0 Å². The van der Waals surface area contributed by atoms with Gasteiger partial charge in [0.05, 0.1) is 6.54 Å². The van der Waals surface area contributed by atoms with E-state index in [1.807, 2.05) is 0 Å². The smallest absolute Gasteiger partial charge is 0.422 e. The van der Waals surface area contributed by atoms with Crippen LogP contribution in [0.15, 0.2) is 18.3 Å². The summed E-state index contributed by atoms with van der Waals surface area (Å²) in [6.45, 7) is -1.61. The fraction of sp³-hybridized carbons (Fsp3) is 0.400. The Bertz CT molecular complexity index is 419. The number of pyridine rings is 1. The molecular formula is C10H14Cl2F3N3O2. The van der Waals surface area contributed by atoms with Crippen molar-refractivity contribution in [1.29, 1.82) is 0 Å². The standard InChI is InChI=1S/C10H12F3N3O2.2ClH/c11-10(12,13)6-18-9-7(2-1-3-15-9)5-16-8(17)4-14;;/h1-3H,4-6,14H2,(H,16,17);2*1H. The predicted octanol–water partition coefficient (Wildman–Crippen LogP) is 1.44. The van der Waals surface area contributed by atoms with E-state index in [0.717, 1.165) is 0 Å². The van der Waals surface area contributed by atoms with Crippen molar-refractivity contribution in [3.8, 4) is 5.88 Å². The minimum atomic E-state index is -4.44. The second kappa shape index (κ2) is 9.62. The van der Waals surface area contributed by atoms with E-state index >= 15 is 0 Å². The average Bonchev–Trinajstić information content (AvgIpc) is 2.33. The Labute approximate surface area is 125 Å². The molecule has 0 radical (unpaired) electrons. The molecule has 10 heteroatoms. The average molecular weight is 336 g/mol. The van der Waals surface area contributed by atoms with E-state index < -0.39 is 18.7 Å². The predicted molar refractivity (Wildman–Crippen MR) is 71.2 cm³/mol. The van der Waals surface area contributed by atoms with Gasteiger partial charge in [-0.3, -0.25) is 4.79 Å². The zero-order valence-electron chi connectivity index (χ0n) is 10.1. The molecular weight excluding hydrogens is 322 g/mol. The van der Waals surface area contributed by atoms with Crippen molar-refractivity contribution < 1.29 is 22.7 Å². The van der Waals surface area contributed by atoms with E-state index in [-0.39, 0.29) is 43.8 Å². The SMILES string of the molecule is Cl.Cl.NCC(=O)NCc1cccnc1OCC(F)(F)F. The summed E-state index contributed by atoms with van der Waals surface area (Å²) in [7, 11) is 0. The molecule has 0 aromatic carbocycles. The van der Waals surface area contributed by atoms with E-state index in [1.165, 1.54) is 18.3 Å². The minimum absolute atomic E-state index is 0. The summed E-state index contributed by atoms with van der Waals surface area (Å²) in [6, 6.07) is 3.04. The van der Waals surface area contributed by atoms with Crippen LogP contribution in [0.3, 0.4) is 0 Å². The molecule has 1 amide bonds. The zero-order chi connectivity index (χ0) is 13.6. The molecule has 1 rings (SSSR count). The Morgan fingerprint density at radius 2 is 2.05 bits per heavy atom. The monoisotopic (exact) mass is 335 g/mol. The van der Waals surface area contributed by atoms with Crippen molar-refractivity contribution >= 4 is 30.7 Å². The number of amides is 1. The van der Waals surface area contributed by atoms with Crippen molar-refractivity contribution in [2.75, 3.05) is 13.2 Å². The van der Waals surface area contributed by atoms with Gasteiger partial charge in [0.1, 0.15) is 0 Å². The normalized spacial score (nSPS) is 10.0. The lowest BCUT2D eigenvalue weighted by atomic mass is 10.2. The van der Waals surface area contributed by atoms with Crippen molar-refractivity contribution in [3.05, 3.63) is 23.9 Å². The molecule has 0 spiro atoms. The van der Waals surface area contributed by atoms with Gasteiger partial charge in [-0.1, -0.05) is 6.07 Å². The molecule has 0 aliphatic carbocycles. The summed E-state index contributed by atoms with van der Waals surface area (Å²) in [4.78, 5) is 14.6. The van der Waals surface area contributed by atoms with Gasteiger partial charge in [-0.15, -0.1) is 24.8 Å². The van der Waals surface area contributed by atoms with Gasteiger partial charge >= 0.3 is 6.18 Å². The first-order chi connectivity index (χ1) is 8.42. The van der Waals surface area contributed by atoms with Gasteiger partial charge < -0.3 is 15.8 Å². The summed E-state index contributed by atoms with van der Waals surface area (Å²) < 4.78 is 40.6. The Morgan fingerprint density at radius 1 is 1.40 bits per heavy atom. The number of aromatic nitrogens is 1. The third kappa shape index (κ3) is 8.03. The Morgan fingerprint density at radius 3 is 2.60 bits per heavy atom. The highest BCUT2D eigenvalue weighted by atomic mass is 35.5. The van der Waals surface area contributed by atoms with Gasteiger partial charge in [0.15, 0.2) is 6.61 Å². The van der Waals surface area contributed by atoms with Gasteiger partial charge in [0.25, 0.3) is 0 Å². The number of carbonyl (C=O) groups is 1. The molecule has 3 N–H and O–H groups in total. The Kier molecular flexibility index (Phi) is 10.1. The number of halogens is 5. The van der Waals surface area contributed by atoms with Crippen LogP contribution in [0.4, 0.5) is 13.2 Å². The van der Waals surface area contributed by atoms with Gasteiger partial charge in [-0.2, -0.15) is 13.2 Å². The number of hydrogen-bond donors (Lipinski definition) is 2. The molecule has 0 aliphatic heterocycles. The molecule has 1 aromatic rings. The zero-order valence-corrected chi connectivity index (χ0v) is 11.8. The maximum absolute atomic E-state index is 12.0. The lowest BCUT2D eigenvalue weighted by Gasteiger charge is -2.12. The molecule has 0 atom stereocenters. The molecule has 1 aromatic heterocycles. The number of nitrogens with two attached hydrogens (primary N) is 1. The van der Waals surface area contributed by atoms with Crippen LogP contribution in [0.2, 0.25) is 0 Å². The molecule has 0 bridgehead atoms. The number of ether oxygens (including phenoxy) is 1. The van der Waals surface area contributed by atoms with Crippen LogP contribution in [0.5, 0.6) is 5.88 Å². The fourth-order valence-corrected chi connectivity index (χ4v) is 1.10. The van der Waals surface area contributed by atoms with Crippen molar-refractivity contribution in [2.45, 2.75) is 12.7 Å². The fourth-order valence-electron chi connectivity index (χ4n) is 1.10. The number of nitrogens with one attached hydrogen (secondary N) is 1. The largest absolute Gasteiger partial charge is 0.468 e. The first-order valence-corrected chi connectivity index (χ1v) is 5.02. The van der Waals surface area contributed by atoms with E-state index in [9.17, 15) is 18.0 Å². The lowest BCUT2D eigenvalue weighted by molar-refractivity contribution is -0.154. The van der Waals surface area contributed by atoms with Crippen molar-refractivity contribution in [2.24, 2.45) is 5.73 Å². The third-order valence-electron chi connectivity index (χ3n) is 1.88. The molecule has 5 nitrogen and oxygen atoms in total. The molecule has 0 saturated heterocycles. The number of rotatable bonds is 5. The Hall–Kier alpha value is -1.25. The summed E-state index contributed by atoms with van der Waals surface area (Å²) in [6.07, 6.45) is -3.13. The van der Waals surface area contributed by atoms with E-state index in [0.29, 0.717) is 5.56 Å². The van der Waals surface area contributed by atoms with Gasteiger partial charge in [-0.25, -0.2) is 4.98 Å². The lowest BCUT2D eigenvalue weighted by Crippen LogP contribution is -2.30. The van der Waals surface area contributed by atoms with Gasteiger partial charge in [-0.05, 0) is 6.07 Å². The highest BCUT2D eigenvalue weighted by Crippen LogP contribution is 2.19. The second-order valence-corrected chi connectivity index (χ2v) is 3.35. The van der Waals surface area contributed by atoms with Gasteiger partial charge in [0, 0.05) is 18.3 Å². The third-order valence-corrected chi connectivity index (χ3v) is 1.88. The highest BCUT2D eigenvalue weighted by molar-refractivity contribution is 5.85.